The monoisotopic (exact) mass is 336 g/mol. The van der Waals surface area contributed by atoms with Crippen LogP contribution in [0.25, 0.3) is 0 Å². The van der Waals surface area contributed by atoms with Gasteiger partial charge in [-0.2, -0.15) is 0 Å². The molecule has 1 N–H and O–H groups in total. The zero-order valence-electron chi connectivity index (χ0n) is 13.3. The lowest BCUT2D eigenvalue weighted by Crippen LogP contribution is -2.44. The Labute approximate surface area is 138 Å². The molecule has 0 aromatic heterocycles. The van der Waals surface area contributed by atoms with Crippen LogP contribution in [0.15, 0.2) is 30.3 Å². The fourth-order valence-corrected chi connectivity index (χ4v) is 5.26. The highest BCUT2D eigenvalue weighted by Gasteiger charge is 2.31. The van der Waals surface area contributed by atoms with Crippen LogP contribution < -0.4 is 5.32 Å². The quantitative estimate of drug-likeness (QED) is 0.871. The highest BCUT2D eigenvalue weighted by Crippen LogP contribution is 2.21. The lowest BCUT2D eigenvalue weighted by Gasteiger charge is -2.24. The maximum absolute atomic E-state index is 12.2. The normalized spacial score (nSPS) is 27.1. The Morgan fingerprint density at radius 2 is 2.00 bits per heavy atom. The number of sulfone groups is 1. The van der Waals surface area contributed by atoms with Crippen LogP contribution in [0.1, 0.15) is 24.8 Å². The first-order valence-corrected chi connectivity index (χ1v) is 10.1. The Kier molecular flexibility index (Phi) is 5.02. The molecular formula is C17H24N2O3S. The minimum Gasteiger partial charge on any atom is -0.351 e. The highest BCUT2D eigenvalue weighted by atomic mass is 32.2. The van der Waals surface area contributed by atoms with Crippen LogP contribution in [0.4, 0.5) is 0 Å². The molecule has 2 heterocycles. The largest absolute Gasteiger partial charge is 0.351 e. The Balaban J connectivity index is 1.51. The molecule has 126 valence electrons. The van der Waals surface area contributed by atoms with Gasteiger partial charge in [0.2, 0.25) is 5.91 Å². The van der Waals surface area contributed by atoms with Crippen molar-refractivity contribution in [1.82, 2.24) is 10.2 Å². The Morgan fingerprint density at radius 1 is 1.22 bits per heavy atom. The van der Waals surface area contributed by atoms with Gasteiger partial charge in [-0.3, -0.25) is 9.69 Å². The van der Waals surface area contributed by atoms with Crippen LogP contribution in [-0.2, 0) is 21.1 Å². The van der Waals surface area contributed by atoms with Crippen molar-refractivity contribution >= 4 is 15.7 Å². The number of likely N-dealkylation sites (tertiary alicyclic amines) is 1. The fraction of sp³-hybridized carbons (Fsp3) is 0.588. The third kappa shape index (κ3) is 4.54. The third-order valence-corrected chi connectivity index (χ3v) is 6.53. The second-order valence-corrected chi connectivity index (χ2v) is 8.85. The van der Waals surface area contributed by atoms with E-state index in [4.69, 9.17) is 0 Å². The molecular weight excluding hydrogens is 312 g/mol. The van der Waals surface area contributed by atoms with E-state index in [9.17, 15) is 13.2 Å². The molecule has 23 heavy (non-hydrogen) atoms. The molecule has 0 saturated carbocycles. The SMILES string of the molecule is O=C(CN1CCC[C@H]1Cc1ccccc1)N[C@H]1CCS(=O)(=O)C1. The molecule has 1 aromatic rings. The van der Waals surface area contributed by atoms with E-state index in [-0.39, 0.29) is 23.5 Å². The van der Waals surface area contributed by atoms with E-state index in [2.05, 4.69) is 22.3 Å². The summed E-state index contributed by atoms with van der Waals surface area (Å²) in [6.07, 6.45) is 3.73. The second-order valence-electron chi connectivity index (χ2n) is 6.62. The van der Waals surface area contributed by atoms with Gasteiger partial charge < -0.3 is 5.32 Å². The van der Waals surface area contributed by atoms with E-state index in [0.717, 1.165) is 25.8 Å². The highest BCUT2D eigenvalue weighted by molar-refractivity contribution is 7.91. The van der Waals surface area contributed by atoms with E-state index in [0.29, 0.717) is 19.0 Å². The van der Waals surface area contributed by atoms with Gasteiger partial charge in [0.25, 0.3) is 0 Å². The zero-order valence-corrected chi connectivity index (χ0v) is 14.1. The summed E-state index contributed by atoms with van der Waals surface area (Å²) >= 11 is 0. The summed E-state index contributed by atoms with van der Waals surface area (Å²) in [7, 11) is -2.95. The molecule has 2 aliphatic rings. The molecule has 0 aliphatic carbocycles. The van der Waals surface area contributed by atoms with Crippen molar-refractivity contribution in [3.8, 4) is 0 Å². The predicted octanol–water partition coefficient (Wildman–Crippen LogP) is 0.997. The Morgan fingerprint density at radius 3 is 2.70 bits per heavy atom. The number of hydrogen-bond donors (Lipinski definition) is 1. The van der Waals surface area contributed by atoms with Crippen molar-refractivity contribution in [3.05, 3.63) is 35.9 Å². The van der Waals surface area contributed by atoms with Crippen molar-refractivity contribution < 1.29 is 13.2 Å². The van der Waals surface area contributed by atoms with Crippen molar-refractivity contribution in [2.75, 3.05) is 24.6 Å². The van der Waals surface area contributed by atoms with E-state index in [1.165, 1.54) is 5.56 Å². The van der Waals surface area contributed by atoms with Crippen molar-refractivity contribution in [2.45, 2.75) is 37.8 Å². The summed E-state index contributed by atoms with van der Waals surface area (Å²) < 4.78 is 22.9. The molecule has 2 fully saturated rings. The number of carbonyl (C=O) groups excluding carboxylic acids is 1. The molecule has 0 bridgehead atoms. The Hall–Kier alpha value is -1.40. The van der Waals surface area contributed by atoms with Crippen LogP contribution in [0.3, 0.4) is 0 Å². The number of hydrogen-bond acceptors (Lipinski definition) is 4. The summed E-state index contributed by atoms with van der Waals surface area (Å²) in [6, 6.07) is 10.5. The molecule has 0 radical (unpaired) electrons. The van der Waals surface area contributed by atoms with Crippen LogP contribution in [-0.4, -0.2) is 55.9 Å². The molecule has 3 rings (SSSR count). The van der Waals surface area contributed by atoms with Gasteiger partial charge in [0.1, 0.15) is 0 Å². The van der Waals surface area contributed by atoms with Crippen LogP contribution in [0.2, 0.25) is 0 Å². The first kappa shape index (κ1) is 16.5. The molecule has 0 spiro atoms. The van der Waals surface area contributed by atoms with Gasteiger partial charge in [-0.25, -0.2) is 8.42 Å². The standard InChI is InChI=1S/C17H24N2O3S/c20-17(18-15-8-10-23(21,22)13-15)12-19-9-4-7-16(19)11-14-5-2-1-3-6-14/h1-3,5-6,15-16H,4,7-13H2,(H,18,20)/t15-,16-/m0/s1. The topological polar surface area (TPSA) is 66.5 Å². The third-order valence-electron chi connectivity index (χ3n) is 4.76. The van der Waals surface area contributed by atoms with Gasteiger partial charge in [-0.05, 0) is 37.8 Å². The first-order valence-electron chi connectivity index (χ1n) is 8.29. The van der Waals surface area contributed by atoms with Gasteiger partial charge in [0, 0.05) is 12.1 Å². The molecule has 2 aliphatic heterocycles. The zero-order chi connectivity index (χ0) is 16.3. The lowest BCUT2D eigenvalue weighted by molar-refractivity contribution is -0.123. The summed E-state index contributed by atoms with van der Waals surface area (Å²) in [5, 5.41) is 2.89. The van der Waals surface area contributed by atoms with Crippen LogP contribution >= 0.6 is 0 Å². The molecule has 2 saturated heterocycles. The van der Waals surface area contributed by atoms with E-state index in [1.54, 1.807) is 0 Å². The summed E-state index contributed by atoms with van der Waals surface area (Å²) in [4.78, 5) is 14.4. The predicted molar refractivity (Wildman–Crippen MR) is 89.9 cm³/mol. The molecule has 5 nitrogen and oxygen atoms in total. The minimum atomic E-state index is -2.95. The van der Waals surface area contributed by atoms with Crippen LogP contribution in [0, 0.1) is 0 Å². The average Bonchev–Trinajstić information content (AvgIpc) is 3.06. The van der Waals surface area contributed by atoms with E-state index >= 15 is 0 Å². The number of nitrogens with one attached hydrogen (secondary N) is 1. The number of benzene rings is 1. The minimum absolute atomic E-state index is 0.0490. The smallest absolute Gasteiger partial charge is 0.234 e. The van der Waals surface area contributed by atoms with Gasteiger partial charge in [0.15, 0.2) is 9.84 Å². The summed E-state index contributed by atoms with van der Waals surface area (Å²) in [6.45, 7) is 1.31. The maximum Gasteiger partial charge on any atom is 0.234 e. The van der Waals surface area contributed by atoms with E-state index < -0.39 is 9.84 Å². The Bertz CT molecular complexity index is 645. The molecule has 6 heteroatoms. The van der Waals surface area contributed by atoms with Crippen LogP contribution in [0.5, 0.6) is 0 Å². The number of carbonyl (C=O) groups is 1. The lowest BCUT2D eigenvalue weighted by atomic mass is 10.0. The van der Waals surface area contributed by atoms with Gasteiger partial charge in [0.05, 0.1) is 18.1 Å². The average molecular weight is 336 g/mol. The van der Waals surface area contributed by atoms with Gasteiger partial charge >= 0.3 is 0 Å². The number of nitrogens with zero attached hydrogens (tertiary/aromatic N) is 1. The second kappa shape index (κ2) is 7.01. The van der Waals surface area contributed by atoms with E-state index in [1.807, 2.05) is 18.2 Å². The summed E-state index contributed by atoms with van der Waals surface area (Å²) in [5.41, 5.74) is 1.30. The van der Waals surface area contributed by atoms with Gasteiger partial charge in [-0.1, -0.05) is 30.3 Å². The summed E-state index contributed by atoms with van der Waals surface area (Å²) in [5.74, 6) is 0.233. The van der Waals surface area contributed by atoms with Gasteiger partial charge in [-0.15, -0.1) is 0 Å². The fourth-order valence-electron chi connectivity index (χ4n) is 3.59. The van der Waals surface area contributed by atoms with Crippen molar-refractivity contribution in [2.24, 2.45) is 0 Å². The van der Waals surface area contributed by atoms with Crippen molar-refractivity contribution in [1.29, 1.82) is 0 Å². The molecule has 1 amide bonds. The molecule has 1 aromatic carbocycles. The number of amides is 1. The molecule has 2 atom stereocenters. The maximum atomic E-state index is 12.2. The molecule has 0 unspecified atom stereocenters. The van der Waals surface area contributed by atoms with Crippen molar-refractivity contribution in [3.63, 3.8) is 0 Å². The first-order chi connectivity index (χ1) is 11.0. The number of rotatable bonds is 5.